The number of likely N-dealkylation sites (tertiary alicyclic amines) is 1. The average molecular weight is 252 g/mol. The lowest BCUT2D eigenvalue weighted by atomic mass is 9.89. The molecule has 0 aliphatic carbocycles. The van der Waals surface area contributed by atoms with Crippen LogP contribution in [0.3, 0.4) is 0 Å². The summed E-state index contributed by atoms with van der Waals surface area (Å²) >= 11 is 0. The second-order valence-electron chi connectivity index (χ2n) is 6.46. The highest BCUT2D eigenvalue weighted by atomic mass is 16.4. The van der Waals surface area contributed by atoms with E-state index in [1.807, 2.05) is 0 Å². The molecule has 18 heavy (non-hydrogen) atoms. The van der Waals surface area contributed by atoms with Crippen LogP contribution in [-0.4, -0.2) is 58.1 Å². The SMILES string of the molecule is CC(C)N1CCC(N2C3CCC2C(C(=O)O)C3)C1. The summed E-state index contributed by atoms with van der Waals surface area (Å²) in [6, 6.07) is 2.10. The van der Waals surface area contributed by atoms with Gasteiger partial charge in [0.2, 0.25) is 0 Å². The smallest absolute Gasteiger partial charge is 0.308 e. The molecule has 0 radical (unpaired) electrons. The molecule has 4 unspecified atom stereocenters. The Hall–Kier alpha value is -0.610. The maximum atomic E-state index is 11.3. The third-order valence-corrected chi connectivity index (χ3v) is 5.25. The number of aliphatic carboxylic acids is 1. The van der Waals surface area contributed by atoms with Gasteiger partial charge in [-0.25, -0.2) is 0 Å². The predicted octanol–water partition coefficient (Wildman–Crippen LogP) is 1.41. The zero-order chi connectivity index (χ0) is 12.9. The van der Waals surface area contributed by atoms with Crippen molar-refractivity contribution in [1.82, 2.24) is 9.80 Å². The first-order valence-electron chi connectivity index (χ1n) is 7.32. The molecule has 0 aromatic rings. The topological polar surface area (TPSA) is 43.8 Å². The molecule has 3 saturated heterocycles. The Morgan fingerprint density at radius 2 is 2.00 bits per heavy atom. The number of hydrogen-bond donors (Lipinski definition) is 1. The summed E-state index contributed by atoms with van der Waals surface area (Å²) in [4.78, 5) is 16.4. The summed E-state index contributed by atoms with van der Waals surface area (Å²) in [5, 5.41) is 9.30. The zero-order valence-corrected chi connectivity index (χ0v) is 11.4. The lowest BCUT2D eigenvalue weighted by Gasteiger charge is -2.30. The number of carboxylic acids is 1. The van der Waals surface area contributed by atoms with Gasteiger partial charge in [0.1, 0.15) is 0 Å². The summed E-state index contributed by atoms with van der Waals surface area (Å²) in [7, 11) is 0. The van der Waals surface area contributed by atoms with Crippen molar-refractivity contribution < 1.29 is 9.90 Å². The largest absolute Gasteiger partial charge is 0.481 e. The van der Waals surface area contributed by atoms with Crippen LogP contribution in [0.15, 0.2) is 0 Å². The molecular formula is C14H24N2O2. The summed E-state index contributed by atoms with van der Waals surface area (Å²) in [6.45, 7) is 6.81. The molecule has 3 aliphatic rings. The predicted molar refractivity (Wildman–Crippen MR) is 69.5 cm³/mol. The molecule has 3 aliphatic heterocycles. The number of nitrogens with zero attached hydrogens (tertiary/aromatic N) is 2. The fraction of sp³-hybridized carbons (Fsp3) is 0.929. The van der Waals surface area contributed by atoms with Gasteiger partial charge in [0.15, 0.2) is 0 Å². The van der Waals surface area contributed by atoms with E-state index in [1.54, 1.807) is 0 Å². The Morgan fingerprint density at radius 3 is 2.56 bits per heavy atom. The van der Waals surface area contributed by atoms with E-state index in [4.69, 9.17) is 0 Å². The van der Waals surface area contributed by atoms with E-state index < -0.39 is 5.97 Å². The molecule has 3 heterocycles. The number of carbonyl (C=O) groups is 1. The molecule has 1 N–H and O–H groups in total. The van der Waals surface area contributed by atoms with Crippen molar-refractivity contribution in [3.8, 4) is 0 Å². The standard InChI is InChI=1S/C14H24N2O2/c1-9(2)15-6-5-11(8-15)16-10-3-4-13(16)12(7-10)14(17)18/h9-13H,3-8H2,1-2H3,(H,17,18). The van der Waals surface area contributed by atoms with Gasteiger partial charge in [0.25, 0.3) is 0 Å². The molecule has 0 saturated carbocycles. The van der Waals surface area contributed by atoms with Crippen LogP contribution in [0, 0.1) is 5.92 Å². The Bertz CT molecular complexity index is 345. The molecule has 0 spiro atoms. The Morgan fingerprint density at radius 1 is 1.22 bits per heavy atom. The Kier molecular flexibility index (Phi) is 3.10. The summed E-state index contributed by atoms with van der Waals surface area (Å²) < 4.78 is 0. The van der Waals surface area contributed by atoms with Crippen LogP contribution >= 0.6 is 0 Å². The van der Waals surface area contributed by atoms with E-state index in [-0.39, 0.29) is 5.92 Å². The van der Waals surface area contributed by atoms with Gasteiger partial charge in [0.05, 0.1) is 5.92 Å². The summed E-state index contributed by atoms with van der Waals surface area (Å²) in [5.41, 5.74) is 0. The van der Waals surface area contributed by atoms with Crippen LogP contribution in [0.1, 0.15) is 39.5 Å². The van der Waals surface area contributed by atoms with E-state index in [9.17, 15) is 9.90 Å². The van der Waals surface area contributed by atoms with Crippen molar-refractivity contribution in [2.45, 2.75) is 63.7 Å². The van der Waals surface area contributed by atoms with E-state index in [0.29, 0.717) is 24.2 Å². The van der Waals surface area contributed by atoms with Crippen molar-refractivity contribution in [3.05, 3.63) is 0 Å². The van der Waals surface area contributed by atoms with Gasteiger partial charge in [-0.15, -0.1) is 0 Å². The number of fused-ring (bicyclic) bond motifs is 2. The van der Waals surface area contributed by atoms with E-state index in [2.05, 4.69) is 23.6 Å². The highest BCUT2D eigenvalue weighted by Crippen LogP contribution is 2.44. The fourth-order valence-corrected chi connectivity index (χ4v) is 4.35. The third-order valence-electron chi connectivity index (χ3n) is 5.25. The average Bonchev–Trinajstić information content (AvgIpc) is 3.00. The highest BCUT2D eigenvalue weighted by Gasteiger charge is 2.52. The lowest BCUT2D eigenvalue weighted by molar-refractivity contribution is -0.142. The normalized spacial score (nSPS) is 41.1. The first kappa shape index (κ1) is 12.4. The van der Waals surface area contributed by atoms with Crippen molar-refractivity contribution in [2.75, 3.05) is 13.1 Å². The van der Waals surface area contributed by atoms with Crippen LogP contribution in [0.2, 0.25) is 0 Å². The molecule has 4 atom stereocenters. The molecule has 2 bridgehead atoms. The minimum Gasteiger partial charge on any atom is -0.481 e. The Balaban J connectivity index is 1.69. The van der Waals surface area contributed by atoms with Crippen LogP contribution in [0.4, 0.5) is 0 Å². The fourth-order valence-electron chi connectivity index (χ4n) is 4.35. The third kappa shape index (κ3) is 1.86. The van der Waals surface area contributed by atoms with Crippen LogP contribution < -0.4 is 0 Å². The highest BCUT2D eigenvalue weighted by molar-refractivity contribution is 5.71. The summed E-state index contributed by atoms with van der Waals surface area (Å²) in [5.74, 6) is -0.678. The number of rotatable bonds is 3. The van der Waals surface area contributed by atoms with Crippen molar-refractivity contribution in [1.29, 1.82) is 0 Å². The molecule has 0 aromatic carbocycles. The molecule has 3 rings (SSSR count). The summed E-state index contributed by atoms with van der Waals surface area (Å²) in [6.07, 6.45) is 4.42. The van der Waals surface area contributed by atoms with Crippen molar-refractivity contribution in [2.24, 2.45) is 5.92 Å². The van der Waals surface area contributed by atoms with Gasteiger partial charge in [-0.1, -0.05) is 0 Å². The molecule has 102 valence electrons. The van der Waals surface area contributed by atoms with Crippen molar-refractivity contribution in [3.63, 3.8) is 0 Å². The lowest BCUT2D eigenvalue weighted by Crippen LogP contribution is -2.43. The zero-order valence-electron chi connectivity index (χ0n) is 11.4. The molecular weight excluding hydrogens is 228 g/mol. The van der Waals surface area contributed by atoms with Gasteiger partial charge in [0, 0.05) is 37.3 Å². The van der Waals surface area contributed by atoms with Crippen LogP contribution in [0.5, 0.6) is 0 Å². The van der Waals surface area contributed by atoms with Crippen LogP contribution in [-0.2, 0) is 4.79 Å². The molecule has 4 nitrogen and oxygen atoms in total. The maximum Gasteiger partial charge on any atom is 0.308 e. The second-order valence-corrected chi connectivity index (χ2v) is 6.46. The first-order valence-corrected chi connectivity index (χ1v) is 7.32. The van der Waals surface area contributed by atoms with E-state index in [0.717, 1.165) is 19.4 Å². The van der Waals surface area contributed by atoms with Gasteiger partial charge in [-0.3, -0.25) is 14.6 Å². The Labute approximate surface area is 109 Å². The van der Waals surface area contributed by atoms with Gasteiger partial charge < -0.3 is 5.11 Å². The minimum absolute atomic E-state index is 0.100. The number of carboxylic acid groups (broad SMARTS) is 1. The first-order chi connectivity index (χ1) is 8.58. The minimum atomic E-state index is -0.578. The van der Waals surface area contributed by atoms with Crippen molar-refractivity contribution >= 4 is 5.97 Å². The molecule has 3 fully saturated rings. The monoisotopic (exact) mass is 252 g/mol. The maximum absolute atomic E-state index is 11.3. The van der Waals surface area contributed by atoms with Crippen LogP contribution in [0.25, 0.3) is 0 Å². The van der Waals surface area contributed by atoms with E-state index in [1.165, 1.54) is 19.4 Å². The van der Waals surface area contributed by atoms with Gasteiger partial charge in [-0.2, -0.15) is 0 Å². The van der Waals surface area contributed by atoms with E-state index >= 15 is 0 Å². The molecule has 4 heteroatoms. The molecule has 0 amide bonds. The second kappa shape index (κ2) is 4.49. The molecule has 0 aromatic heterocycles. The quantitative estimate of drug-likeness (QED) is 0.825. The number of hydrogen-bond acceptors (Lipinski definition) is 3. The van der Waals surface area contributed by atoms with Gasteiger partial charge in [-0.05, 0) is 39.5 Å². The van der Waals surface area contributed by atoms with Gasteiger partial charge >= 0.3 is 5.97 Å².